The van der Waals surface area contributed by atoms with Gasteiger partial charge in [-0.05, 0) is 41.7 Å². The average Bonchev–Trinajstić information content (AvgIpc) is 3.13. The lowest BCUT2D eigenvalue weighted by Crippen LogP contribution is -2.19. The molecule has 0 radical (unpaired) electrons. The second-order valence-electron chi connectivity index (χ2n) is 7.67. The predicted octanol–water partition coefficient (Wildman–Crippen LogP) is 5.56. The van der Waals surface area contributed by atoms with Gasteiger partial charge < -0.3 is 4.57 Å². The molecule has 0 aliphatic carbocycles. The van der Waals surface area contributed by atoms with Gasteiger partial charge in [0.2, 0.25) is 0 Å². The molecule has 3 rings (SSSR count). The Morgan fingerprint density at radius 3 is 2.66 bits per heavy atom. The van der Waals surface area contributed by atoms with Gasteiger partial charge >= 0.3 is 0 Å². The van der Waals surface area contributed by atoms with Crippen molar-refractivity contribution in [2.45, 2.75) is 31.8 Å². The second-order valence-corrected chi connectivity index (χ2v) is 9.05. The molecule has 1 heterocycles. The smallest absolute Gasteiger partial charge is 0.250 e. The highest BCUT2D eigenvalue weighted by atomic mass is 35.5. The number of carbonyl (C=O) groups excluding carboxylic acids is 1. The molecule has 166 valence electrons. The Labute approximate surface area is 197 Å². The van der Waals surface area contributed by atoms with Gasteiger partial charge in [-0.3, -0.25) is 4.79 Å². The van der Waals surface area contributed by atoms with E-state index < -0.39 is 0 Å². The van der Waals surface area contributed by atoms with Gasteiger partial charge in [0.1, 0.15) is 0 Å². The number of thioether (sulfide) groups is 1. The third-order valence-electron chi connectivity index (χ3n) is 4.70. The van der Waals surface area contributed by atoms with Crippen molar-refractivity contribution in [2.75, 3.05) is 5.75 Å². The van der Waals surface area contributed by atoms with E-state index in [4.69, 9.17) is 11.6 Å². The van der Waals surface area contributed by atoms with Crippen molar-refractivity contribution in [3.8, 4) is 11.4 Å². The minimum atomic E-state index is -0.215. The molecule has 0 fully saturated rings. The summed E-state index contributed by atoms with van der Waals surface area (Å²) in [6, 6.07) is 15.8. The van der Waals surface area contributed by atoms with Crippen LogP contribution in [0.1, 0.15) is 37.8 Å². The highest BCUT2D eigenvalue weighted by Gasteiger charge is 2.13. The number of nitrogens with zero attached hydrogens (tertiary/aromatic N) is 4. The lowest BCUT2D eigenvalue weighted by atomic mass is 10.0. The molecule has 1 amide bonds. The Morgan fingerprint density at radius 1 is 1.22 bits per heavy atom. The molecule has 0 bridgehead atoms. The van der Waals surface area contributed by atoms with Gasteiger partial charge in [-0.15, -0.1) is 10.2 Å². The first-order valence-electron chi connectivity index (χ1n) is 10.2. The Kier molecular flexibility index (Phi) is 8.25. The number of hydrazone groups is 1. The fourth-order valence-electron chi connectivity index (χ4n) is 2.97. The van der Waals surface area contributed by atoms with Crippen molar-refractivity contribution in [3.05, 3.63) is 70.3 Å². The van der Waals surface area contributed by atoms with Crippen molar-refractivity contribution >= 4 is 41.6 Å². The summed E-state index contributed by atoms with van der Waals surface area (Å²) in [5.74, 6) is 1.16. The van der Waals surface area contributed by atoms with Crippen molar-refractivity contribution in [3.63, 3.8) is 0 Å². The molecule has 0 atom stereocenters. The fourth-order valence-corrected chi connectivity index (χ4v) is 3.86. The number of nitrogens with one attached hydrogen (secondary N) is 1. The van der Waals surface area contributed by atoms with Crippen molar-refractivity contribution in [1.82, 2.24) is 20.2 Å². The predicted molar refractivity (Wildman–Crippen MR) is 133 cm³/mol. The Balaban J connectivity index is 1.51. The molecule has 6 nitrogen and oxygen atoms in total. The molecular formula is C24H26ClN5OS. The lowest BCUT2D eigenvalue weighted by Gasteiger charge is -2.05. The topological polar surface area (TPSA) is 72.2 Å². The van der Waals surface area contributed by atoms with Crippen LogP contribution in [0.15, 0.2) is 64.4 Å². The number of amides is 1. The fraction of sp³-hybridized carbons (Fsp3) is 0.250. The third kappa shape index (κ3) is 6.55. The minimum Gasteiger partial charge on any atom is -0.305 e. The van der Waals surface area contributed by atoms with Crippen LogP contribution in [0, 0.1) is 0 Å². The van der Waals surface area contributed by atoms with Crippen LogP contribution in [0.5, 0.6) is 0 Å². The Bertz CT molecular complexity index is 1140. The number of hydrogen-bond acceptors (Lipinski definition) is 5. The maximum Gasteiger partial charge on any atom is 0.250 e. The molecule has 32 heavy (non-hydrogen) atoms. The number of halogens is 1. The van der Waals surface area contributed by atoms with E-state index in [0.29, 0.717) is 21.9 Å². The molecule has 2 aromatic carbocycles. The lowest BCUT2D eigenvalue weighted by molar-refractivity contribution is -0.118. The number of benzene rings is 2. The van der Waals surface area contributed by atoms with Crippen LogP contribution in [0.25, 0.3) is 17.5 Å². The van der Waals surface area contributed by atoms with Crippen LogP contribution >= 0.6 is 23.4 Å². The second kappa shape index (κ2) is 11.1. The third-order valence-corrected chi connectivity index (χ3v) is 5.96. The summed E-state index contributed by atoms with van der Waals surface area (Å²) >= 11 is 7.35. The summed E-state index contributed by atoms with van der Waals surface area (Å²) in [7, 11) is 1.86. The van der Waals surface area contributed by atoms with E-state index >= 15 is 0 Å². The van der Waals surface area contributed by atoms with E-state index in [1.54, 1.807) is 12.3 Å². The van der Waals surface area contributed by atoms with Crippen molar-refractivity contribution in [1.29, 1.82) is 0 Å². The minimum absolute atomic E-state index is 0.179. The quantitative estimate of drug-likeness (QED) is 0.267. The summed E-state index contributed by atoms with van der Waals surface area (Å²) < 4.78 is 1.84. The molecule has 0 unspecified atom stereocenters. The van der Waals surface area contributed by atoms with Crippen LogP contribution in [0.3, 0.4) is 0 Å². The van der Waals surface area contributed by atoms with Gasteiger partial charge in [-0.1, -0.05) is 79.7 Å². The van der Waals surface area contributed by atoms with Gasteiger partial charge in [-0.2, -0.15) is 5.10 Å². The van der Waals surface area contributed by atoms with E-state index in [9.17, 15) is 4.79 Å². The standard InChI is InChI=1S/C24H26ClN5OS/c1-16(2)19-10-8-18(9-11-19)12-17(3)14-26-27-22(31)15-32-24-29-28-23(30(24)4)20-6-5-7-21(25)13-20/h5-14,16H,15H2,1-4H3,(H,27,31)/b17-12+,26-14-. The van der Waals surface area contributed by atoms with Gasteiger partial charge in [0.05, 0.1) is 12.0 Å². The zero-order valence-corrected chi connectivity index (χ0v) is 20.1. The molecule has 0 aliphatic heterocycles. The number of allylic oxidation sites excluding steroid dienone is 1. The van der Waals surface area contributed by atoms with Gasteiger partial charge in [0.15, 0.2) is 11.0 Å². The molecule has 1 N–H and O–H groups in total. The number of rotatable bonds is 8. The number of carbonyl (C=O) groups is 1. The summed E-state index contributed by atoms with van der Waals surface area (Å²) in [4.78, 5) is 12.2. The summed E-state index contributed by atoms with van der Waals surface area (Å²) in [6.45, 7) is 6.29. The van der Waals surface area contributed by atoms with Crippen LogP contribution in [-0.4, -0.2) is 32.6 Å². The maximum atomic E-state index is 12.2. The van der Waals surface area contributed by atoms with Crippen molar-refractivity contribution < 1.29 is 4.79 Å². The summed E-state index contributed by atoms with van der Waals surface area (Å²) in [5.41, 5.74) is 6.76. The average molecular weight is 468 g/mol. The first kappa shape index (κ1) is 23.8. The van der Waals surface area contributed by atoms with E-state index in [2.05, 4.69) is 58.8 Å². The Morgan fingerprint density at radius 2 is 1.97 bits per heavy atom. The largest absolute Gasteiger partial charge is 0.305 e. The zero-order valence-electron chi connectivity index (χ0n) is 18.5. The Hall–Kier alpha value is -2.90. The summed E-state index contributed by atoms with van der Waals surface area (Å²) in [5, 5.41) is 13.7. The summed E-state index contributed by atoms with van der Waals surface area (Å²) in [6.07, 6.45) is 3.66. The molecule has 0 aliphatic rings. The monoisotopic (exact) mass is 467 g/mol. The van der Waals surface area contributed by atoms with E-state index in [1.165, 1.54) is 17.3 Å². The van der Waals surface area contributed by atoms with Gasteiger partial charge in [0.25, 0.3) is 5.91 Å². The molecule has 8 heteroatoms. The molecule has 1 aromatic heterocycles. The number of hydrogen-bond donors (Lipinski definition) is 1. The van der Waals surface area contributed by atoms with E-state index in [0.717, 1.165) is 16.7 Å². The highest BCUT2D eigenvalue weighted by Crippen LogP contribution is 2.24. The molecular weight excluding hydrogens is 442 g/mol. The van der Waals surface area contributed by atoms with Crippen LogP contribution in [0.4, 0.5) is 0 Å². The highest BCUT2D eigenvalue weighted by molar-refractivity contribution is 7.99. The van der Waals surface area contributed by atoms with E-state index in [-0.39, 0.29) is 11.7 Å². The molecule has 0 saturated carbocycles. The number of aromatic nitrogens is 3. The molecule has 0 saturated heterocycles. The van der Waals surface area contributed by atoms with Gasteiger partial charge in [0, 0.05) is 17.6 Å². The normalized spacial score (nSPS) is 12.0. The SMILES string of the molecule is CC(/C=N\NC(=O)CSc1nnc(-c2cccc(Cl)c2)n1C)=C\c1ccc(C(C)C)cc1. The van der Waals surface area contributed by atoms with E-state index in [1.807, 2.05) is 42.8 Å². The first-order valence-corrected chi connectivity index (χ1v) is 11.6. The molecule has 3 aromatic rings. The zero-order chi connectivity index (χ0) is 23.1. The van der Waals surface area contributed by atoms with Crippen LogP contribution in [-0.2, 0) is 11.8 Å². The van der Waals surface area contributed by atoms with Crippen LogP contribution in [0.2, 0.25) is 5.02 Å². The van der Waals surface area contributed by atoms with Gasteiger partial charge in [-0.25, -0.2) is 5.43 Å². The molecule has 0 spiro atoms. The van der Waals surface area contributed by atoms with Crippen molar-refractivity contribution in [2.24, 2.45) is 12.1 Å². The van der Waals surface area contributed by atoms with Crippen LogP contribution < -0.4 is 5.43 Å². The maximum absolute atomic E-state index is 12.2. The first-order chi connectivity index (χ1) is 15.3.